The molecule has 5 rings (SSSR count). The predicted molar refractivity (Wildman–Crippen MR) is 135 cm³/mol. The van der Waals surface area contributed by atoms with E-state index in [0.29, 0.717) is 35.6 Å². The van der Waals surface area contributed by atoms with Gasteiger partial charge in [-0.1, -0.05) is 18.2 Å². The van der Waals surface area contributed by atoms with Crippen molar-refractivity contribution in [3.63, 3.8) is 0 Å². The highest BCUT2D eigenvalue weighted by atomic mass is 19.4. The molecule has 1 aliphatic heterocycles. The third-order valence-corrected chi connectivity index (χ3v) is 6.29. The lowest BCUT2D eigenvalue weighted by atomic mass is 10.0. The van der Waals surface area contributed by atoms with E-state index < -0.39 is 35.1 Å². The molecule has 3 aromatic carbocycles. The summed E-state index contributed by atoms with van der Waals surface area (Å²) < 4.78 is 67.9. The molecule has 0 aliphatic carbocycles. The first-order valence-corrected chi connectivity index (χ1v) is 11.9. The molecule has 0 spiro atoms. The normalized spacial score (nSPS) is 15.4. The van der Waals surface area contributed by atoms with Gasteiger partial charge >= 0.3 is 12.2 Å². The van der Waals surface area contributed by atoms with Gasteiger partial charge in [-0.3, -0.25) is 9.89 Å². The molecule has 39 heavy (non-hydrogen) atoms. The molecule has 1 unspecified atom stereocenters. The summed E-state index contributed by atoms with van der Waals surface area (Å²) in [6, 6.07) is 9.50. The molecular formula is C26H21F5N6O2. The summed E-state index contributed by atoms with van der Waals surface area (Å²) >= 11 is 0. The van der Waals surface area contributed by atoms with Gasteiger partial charge in [-0.25, -0.2) is 13.6 Å². The minimum absolute atomic E-state index is 0.104. The van der Waals surface area contributed by atoms with Crippen LogP contribution in [0.15, 0.2) is 54.6 Å². The molecular weight excluding hydrogens is 523 g/mol. The summed E-state index contributed by atoms with van der Waals surface area (Å²) in [5.41, 5.74) is -0.726. The minimum Gasteiger partial charge on any atom is -0.308 e. The highest BCUT2D eigenvalue weighted by Gasteiger charge is 2.31. The van der Waals surface area contributed by atoms with Crippen LogP contribution in [-0.2, 0) is 11.0 Å². The smallest absolute Gasteiger partial charge is 0.308 e. The number of H-pyrrole nitrogens is 1. The van der Waals surface area contributed by atoms with Crippen LogP contribution in [0.25, 0.3) is 22.0 Å². The number of nitrogens with zero attached hydrogens (tertiary/aromatic N) is 1. The Morgan fingerprint density at radius 3 is 2.41 bits per heavy atom. The van der Waals surface area contributed by atoms with Gasteiger partial charge in [-0.05, 0) is 61.3 Å². The number of rotatable bonds is 5. The fourth-order valence-electron chi connectivity index (χ4n) is 4.30. The van der Waals surface area contributed by atoms with Crippen molar-refractivity contribution in [2.24, 2.45) is 0 Å². The summed E-state index contributed by atoms with van der Waals surface area (Å²) in [6.07, 6.45) is -3.10. The van der Waals surface area contributed by atoms with Gasteiger partial charge in [0, 0.05) is 16.6 Å². The van der Waals surface area contributed by atoms with E-state index in [0.717, 1.165) is 13.0 Å². The maximum absolute atomic E-state index is 15.3. The fourth-order valence-corrected chi connectivity index (χ4v) is 4.30. The van der Waals surface area contributed by atoms with Crippen LogP contribution >= 0.6 is 0 Å². The average molecular weight is 544 g/mol. The number of fused-ring (bicyclic) bond motifs is 1. The molecule has 1 fully saturated rings. The molecule has 5 N–H and O–H groups in total. The van der Waals surface area contributed by atoms with Gasteiger partial charge < -0.3 is 21.3 Å². The van der Waals surface area contributed by atoms with Crippen LogP contribution < -0.4 is 21.3 Å². The van der Waals surface area contributed by atoms with E-state index >= 15 is 4.39 Å². The number of alkyl halides is 3. The molecule has 4 aromatic rings. The van der Waals surface area contributed by atoms with Crippen LogP contribution in [0.3, 0.4) is 0 Å². The van der Waals surface area contributed by atoms with Gasteiger partial charge in [0.1, 0.15) is 11.3 Å². The van der Waals surface area contributed by atoms with Crippen molar-refractivity contribution in [3.8, 4) is 11.1 Å². The van der Waals surface area contributed by atoms with E-state index in [1.807, 2.05) is 0 Å². The Kier molecular flexibility index (Phi) is 6.91. The third kappa shape index (κ3) is 5.53. The zero-order valence-electron chi connectivity index (χ0n) is 20.0. The van der Waals surface area contributed by atoms with Crippen molar-refractivity contribution in [2.75, 3.05) is 22.5 Å². The fraction of sp³-hybridized carbons (Fsp3) is 0.192. The van der Waals surface area contributed by atoms with Gasteiger partial charge in [0.2, 0.25) is 5.91 Å². The molecule has 1 aliphatic rings. The van der Waals surface area contributed by atoms with Crippen molar-refractivity contribution >= 4 is 40.0 Å². The molecule has 1 aromatic heterocycles. The molecule has 1 atom stereocenters. The number of carbonyl (C=O) groups excluding carboxylic acids is 2. The SMILES string of the molecule is O=C(Nc1ccc(-c2ccc3c(NC(=O)C4CCCN4)n[nH]c3c2F)cc1)Nc1cc(C(F)(F)F)ccc1F. The number of amides is 3. The molecule has 13 heteroatoms. The third-order valence-electron chi connectivity index (χ3n) is 6.29. The monoisotopic (exact) mass is 544 g/mol. The second-order valence-corrected chi connectivity index (χ2v) is 8.91. The van der Waals surface area contributed by atoms with E-state index in [9.17, 15) is 27.2 Å². The Morgan fingerprint density at radius 1 is 0.949 bits per heavy atom. The van der Waals surface area contributed by atoms with Crippen LogP contribution in [0.4, 0.5) is 43.9 Å². The van der Waals surface area contributed by atoms with Gasteiger partial charge in [0.25, 0.3) is 0 Å². The molecule has 2 heterocycles. The second-order valence-electron chi connectivity index (χ2n) is 8.91. The number of carbonyl (C=O) groups is 2. The largest absolute Gasteiger partial charge is 0.416 e. The van der Waals surface area contributed by atoms with Crippen molar-refractivity contribution in [3.05, 3.63) is 71.8 Å². The predicted octanol–water partition coefficient (Wildman–Crippen LogP) is 5.86. The average Bonchev–Trinajstić information content (AvgIpc) is 3.57. The van der Waals surface area contributed by atoms with Gasteiger partial charge in [0.15, 0.2) is 11.6 Å². The van der Waals surface area contributed by atoms with E-state index in [4.69, 9.17) is 0 Å². The van der Waals surface area contributed by atoms with Crippen molar-refractivity contribution in [1.29, 1.82) is 0 Å². The standard InChI is InChI=1S/C26H21F5N6O2/c27-18-10-5-14(26(29,30)31)12-20(18)34-25(39)33-15-6-3-13(4-7-15)16-8-9-17-22(21(16)28)36-37-23(17)35-24(38)19-2-1-11-32-19/h3-10,12,19,32H,1-2,11H2,(H2,33,34,39)(H2,35,36,37,38). The van der Waals surface area contributed by atoms with Gasteiger partial charge in [-0.2, -0.15) is 18.3 Å². The summed E-state index contributed by atoms with van der Waals surface area (Å²) in [6.45, 7) is 0.755. The van der Waals surface area contributed by atoms with Crippen molar-refractivity contribution in [2.45, 2.75) is 25.1 Å². The highest BCUT2D eigenvalue weighted by Crippen LogP contribution is 2.33. The maximum Gasteiger partial charge on any atom is 0.416 e. The van der Waals surface area contributed by atoms with E-state index in [1.165, 1.54) is 30.3 Å². The maximum atomic E-state index is 15.3. The summed E-state index contributed by atoms with van der Waals surface area (Å²) in [5.74, 6) is -1.65. The van der Waals surface area contributed by atoms with Crippen LogP contribution in [0.1, 0.15) is 18.4 Å². The van der Waals surface area contributed by atoms with E-state index in [2.05, 4.69) is 31.5 Å². The van der Waals surface area contributed by atoms with Crippen LogP contribution in [0.5, 0.6) is 0 Å². The lowest BCUT2D eigenvalue weighted by molar-refractivity contribution is -0.137. The first-order chi connectivity index (χ1) is 18.6. The lowest BCUT2D eigenvalue weighted by Crippen LogP contribution is -2.35. The number of anilines is 3. The van der Waals surface area contributed by atoms with Crippen molar-refractivity contribution < 1.29 is 31.5 Å². The van der Waals surface area contributed by atoms with Crippen LogP contribution in [0.2, 0.25) is 0 Å². The van der Waals surface area contributed by atoms with Gasteiger partial charge in [0.05, 0.1) is 17.3 Å². The zero-order chi connectivity index (χ0) is 27.7. The Morgan fingerprint density at radius 2 is 1.72 bits per heavy atom. The zero-order valence-corrected chi connectivity index (χ0v) is 20.0. The van der Waals surface area contributed by atoms with E-state index in [-0.39, 0.29) is 34.5 Å². The van der Waals surface area contributed by atoms with Crippen LogP contribution in [0, 0.1) is 11.6 Å². The van der Waals surface area contributed by atoms with Gasteiger partial charge in [-0.15, -0.1) is 0 Å². The second kappa shape index (κ2) is 10.3. The highest BCUT2D eigenvalue weighted by molar-refractivity contribution is 6.03. The molecule has 8 nitrogen and oxygen atoms in total. The molecule has 0 radical (unpaired) electrons. The molecule has 3 amide bonds. The molecule has 0 bridgehead atoms. The Labute approximate surface area is 218 Å². The summed E-state index contributed by atoms with van der Waals surface area (Å²) in [5, 5.41) is 17.3. The minimum atomic E-state index is -4.70. The number of aromatic amines is 1. The number of benzene rings is 3. The topological polar surface area (TPSA) is 111 Å². The first-order valence-electron chi connectivity index (χ1n) is 11.9. The number of urea groups is 1. The number of halogens is 5. The Balaban J connectivity index is 1.28. The quantitative estimate of drug-likeness (QED) is 0.203. The Bertz CT molecular complexity index is 1550. The number of hydrogen-bond acceptors (Lipinski definition) is 4. The number of aromatic nitrogens is 2. The first kappa shape index (κ1) is 26.1. The summed E-state index contributed by atoms with van der Waals surface area (Å²) in [7, 11) is 0. The molecule has 0 saturated carbocycles. The van der Waals surface area contributed by atoms with E-state index in [1.54, 1.807) is 6.07 Å². The molecule has 1 saturated heterocycles. The summed E-state index contributed by atoms with van der Waals surface area (Å²) in [4.78, 5) is 24.6. The molecule has 202 valence electrons. The van der Waals surface area contributed by atoms with Crippen LogP contribution in [-0.4, -0.2) is 34.7 Å². The number of hydrogen-bond donors (Lipinski definition) is 5. The number of nitrogens with one attached hydrogen (secondary N) is 5. The lowest BCUT2D eigenvalue weighted by Gasteiger charge is -2.12. The van der Waals surface area contributed by atoms with Crippen molar-refractivity contribution in [1.82, 2.24) is 15.5 Å². The Hall–Kier alpha value is -4.52.